The Bertz CT molecular complexity index is 758. The summed E-state index contributed by atoms with van der Waals surface area (Å²) in [5, 5.41) is 0. The molecule has 0 aliphatic carbocycles. The Morgan fingerprint density at radius 3 is 2.79 bits per heavy atom. The Labute approximate surface area is 171 Å². The summed E-state index contributed by atoms with van der Waals surface area (Å²) in [5.41, 5.74) is 1.30. The van der Waals surface area contributed by atoms with Crippen LogP contribution in [0.5, 0.6) is 0 Å². The van der Waals surface area contributed by atoms with E-state index < -0.39 is 0 Å². The summed E-state index contributed by atoms with van der Waals surface area (Å²) >= 11 is 1.78. The third-order valence-electron chi connectivity index (χ3n) is 6.08. The maximum atomic E-state index is 12.4. The van der Waals surface area contributed by atoms with E-state index >= 15 is 0 Å². The molecule has 2 aliphatic heterocycles. The lowest BCUT2D eigenvalue weighted by Gasteiger charge is -2.40. The first-order valence-corrected chi connectivity index (χ1v) is 11.7. The molecule has 2 fully saturated rings. The summed E-state index contributed by atoms with van der Waals surface area (Å²) in [4.78, 5) is 14.2. The van der Waals surface area contributed by atoms with Crippen LogP contribution in [0.2, 0.25) is 0 Å². The standard InChI is InChI=1S/C23H29NO3S/c25-23(26-15-19-9-6-14-24-13-5-4-10-21(19)24)22-12-11-20(27-22)17-28-16-18-7-2-1-3-8-18/h1-3,7-8,11-12,19,21H,4-6,9-10,13-17H2/p+1/t19-,21+/m0/s1. The highest BCUT2D eigenvalue weighted by Gasteiger charge is 2.37. The van der Waals surface area contributed by atoms with Crippen LogP contribution in [0.4, 0.5) is 0 Å². The van der Waals surface area contributed by atoms with E-state index in [4.69, 9.17) is 9.15 Å². The summed E-state index contributed by atoms with van der Waals surface area (Å²) in [6.45, 7) is 3.11. The van der Waals surface area contributed by atoms with Crippen LogP contribution in [-0.4, -0.2) is 31.7 Å². The van der Waals surface area contributed by atoms with Crippen molar-refractivity contribution < 1.29 is 18.8 Å². The molecule has 1 aromatic heterocycles. The van der Waals surface area contributed by atoms with Crippen LogP contribution in [0.3, 0.4) is 0 Å². The number of fused-ring (bicyclic) bond motifs is 1. The number of furan rings is 1. The van der Waals surface area contributed by atoms with Crippen molar-refractivity contribution in [3.05, 3.63) is 59.5 Å². The molecule has 0 bridgehead atoms. The van der Waals surface area contributed by atoms with Gasteiger partial charge in [0.15, 0.2) is 0 Å². The van der Waals surface area contributed by atoms with Gasteiger partial charge >= 0.3 is 5.97 Å². The minimum Gasteiger partial charge on any atom is -0.459 e. The zero-order valence-corrected chi connectivity index (χ0v) is 17.2. The number of carbonyl (C=O) groups is 1. The van der Waals surface area contributed by atoms with Gasteiger partial charge < -0.3 is 14.1 Å². The molecule has 2 aliphatic rings. The van der Waals surface area contributed by atoms with E-state index in [2.05, 4.69) is 24.3 Å². The highest BCUT2D eigenvalue weighted by atomic mass is 32.2. The van der Waals surface area contributed by atoms with Gasteiger partial charge in [0, 0.05) is 11.7 Å². The SMILES string of the molecule is O=C(OC[C@@H]1CCC[NH+]2CCCC[C@H]12)c1ccc(CSCc2ccccc2)o1. The first-order chi connectivity index (χ1) is 13.8. The van der Waals surface area contributed by atoms with Crippen LogP contribution < -0.4 is 4.90 Å². The molecule has 150 valence electrons. The molecule has 0 saturated carbocycles. The van der Waals surface area contributed by atoms with E-state index in [0.29, 0.717) is 24.3 Å². The second-order valence-electron chi connectivity index (χ2n) is 8.01. The maximum Gasteiger partial charge on any atom is 0.374 e. The van der Waals surface area contributed by atoms with Gasteiger partial charge in [-0.15, -0.1) is 11.8 Å². The minimum atomic E-state index is -0.317. The van der Waals surface area contributed by atoms with Gasteiger partial charge in [0.05, 0.1) is 24.9 Å². The normalized spacial score (nSPS) is 24.5. The first-order valence-electron chi connectivity index (χ1n) is 10.5. The fourth-order valence-corrected chi connectivity index (χ4v) is 5.53. The number of ether oxygens (including phenoxy) is 1. The Hall–Kier alpha value is -1.72. The van der Waals surface area contributed by atoms with Crippen LogP contribution in [0.15, 0.2) is 46.9 Å². The second-order valence-corrected chi connectivity index (χ2v) is 8.99. The summed E-state index contributed by atoms with van der Waals surface area (Å²) in [6, 6.07) is 14.7. The number of nitrogens with one attached hydrogen (secondary N) is 1. The average molecular weight is 401 g/mol. The number of hydrogen-bond acceptors (Lipinski definition) is 4. The molecular weight excluding hydrogens is 370 g/mol. The van der Waals surface area contributed by atoms with Crippen molar-refractivity contribution in [3.63, 3.8) is 0 Å². The number of hydrogen-bond donors (Lipinski definition) is 1. The molecule has 1 unspecified atom stereocenters. The monoisotopic (exact) mass is 400 g/mol. The van der Waals surface area contributed by atoms with Crippen LogP contribution in [-0.2, 0) is 16.2 Å². The number of quaternary nitrogens is 1. The lowest BCUT2D eigenvalue weighted by molar-refractivity contribution is -0.940. The highest BCUT2D eigenvalue weighted by molar-refractivity contribution is 7.97. The quantitative estimate of drug-likeness (QED) is 0.720. The van der Waals surface area contributed by atoms with E-state index in [1.54, 1.807) is 22.7 Å². The lowest BCUT2D eigenvalue weighted by Crippen LogP contribution is -3.18. The van der Waals surface area contributed by atoms with Gasteiger partial charge in [0.1, 0.15) is 12.4 Å². The molecule has 5 heteroatoms. The predicted molar refractivity (Wildman–Crippen MR) is 111 cm³/mol. The topological polar surface area (TPSA) is 43.9 Å². The van der Waals surface area contributed by atoms with Gasteiger partial charge in [-0.3, -0.25) is 0 Å². The van der Waals surface area contributed by atoms with Crippen LogP contribution in [0.25, 0.3) is 0 Å². The fraction of sp³-hybridized carbons (Fsp3) is 0.522. The molecule has 0 amide bonds. The Morgan fingerprint density at radius 2 is 1.89 bits per heavy atom. The van der Waals surface area contributed by atoms with Crippen molar-refractivity contribution in [1.29, 1.82) is 0 Å². The van der Waals surface area contributed by atoms with E-state index in [1.807, 2.05) is 12.1 Å². The maximum absolute atomic E-state index is 12.4. The average Bonchev–Trinajstić information content (AvgIpc) is 3.22. The molecule has 0 spiro atoms. The molecular formula is C23H30NO3S+. The number of benzene rings is 1. The van der Waals surface area contributed by atoms with Crippen LogP contribution >= 0.6 is 11.8 Å². The van der Waals surface area contributed by atoms with Crippen molar-refractivity contribution in [2.24, 2.45) is 5.92 Å². The molecule has 0 radical (unpaired) electrons. The second kappa shape index (κ2) is 9.66. The van der Waals surface area contributed by atoms with Crippen molar-refractivity contribution in [2.75, 3.05) is 19.7 Å². The van der Waals surface area contributed by atoms with Gasteiger partial charge in [-0.05, 0) is 49.8 Å². The molecule has 4 nitrogen and oxygen atoms in total. The van der Waals surface area contributed by atoms with E-state index in [1.165, 1.54) is 50.8 Å². The minimum absolute atomic E-state index is 0.317. The van der Waals surface area contributed by atoms with Crippen LogP contribution in [0.1, 0.15) is 54.0 Å². The summed E-state index contributed by atoms with van der Waals surface area (Å²) in [5.74, 6) is 3.03. The van der Waals surface area contributed by atoms with Gasteiger partial charge in [-0.1, -0.05) is 30.3 Å². The van der Waals surface area contributed by atoms with Crippen molar-refractivity contribution in [3.8, 4) is 0 Å². The molecule has 1 N–H and O–H groups in total. The molecule has 2 aromatic rings. The van der Waals surface area contributed by atoms with Gasteiger partial charge in [0.2, 0.25) is 5.76 Å². The Kier molecular flexibility index (Phi) is 6.76. The van der Waals surface area contributed by atoms with Crippen molar-refractivity contribution in [2.45, 2.75) is 49.7 Å². The Balaban J connectivity index is 1.24. The van der Waals surface area contributed by atoms with Gasteiger partial charge in [-0.2, -0.15) is 0 Å². The van der Waals surface area contributed by atoms with Crippen molar-refractivity contribution >= 4 is 17.7 Å². The summed E-state index contributed by atoms with van der Waals surface area (Å²) in [7, 11) is 0. The molecule has 1 aromatic carbocycles. The first kappa shape index (κ1) is 19.6. The third-order valence-corrected chi connectivity index (χ3v) is 7.10. The molecule has 2 saturated heterocycles. The summed E-state index contributed by atoms with van der Waals surface area (Å²) in [6.07, 6.45) is 6.37. The summed E-state index contributed by atoms with van der Waals surface area (Å²) < 4.78 is 11.4. The fourth-order valence-electron chi connectivity index (χ4n) is 4.64. The van der Waals surface area contributed by atoms with Gasteiger partial charge in [0.25, 0.3) is 0 Å². The van der Waals surface area contributed by atoms with E-state index in [9.17, 15) is 4.79 Å². The third kappa shape index (κ3) is 5.00. The zero-order chi connectivity index (χ0) is 19.2. The number of carbonyl (C=O) groups excluding carboxylic acids is 1. The smallest absolute Gasteiger partial charge is 0.374 e. The predicted octanol–water partition coefficient (Wildman–Crippen LogP) is 3.72. The molecule has 3 heterocycles. The van der Waals surface area contributed by atoms with Crippen LogP contribution in [0, 0.1) is 5.92 Å². The Morgan fingerprint density at radius 1 is 1.04 bits per heavy atom. The van der Waals surface area contributed by atoms with Gasteiger partial charge in [-0.25, -0.2) is 4.79 Å². The number of piperidine rings is 2. The zero-order valence-electron chi connectivity index (χ0n) is 16.4. The number of rotatable bonds is 7. The molecule has 28 heavy (non-hydrogen) atoms. The lowest BCUT2D eigenvalue weighted by atomic mass is 9.84. The number of esters is 1. The van der Waals surface area contributed by atoms with E-state index in [0.717, 1.165) is 17.3 Å². The molecule has 4 rings (SSSR count). The highest BCUT2D eigenvalue weighted by Crippen LogP contribution is 2.22. The number of thioether (sulfide) groups is 1. The largest absolute Gasteiger partial charge is 0.459 e. The van der Waals surface area contributed by atoms with E-state index in [-0.39, 0.29) is 5.97 Å². The van der Waals surface area contributed by atoms with Crippen molar-refractivity contribution in [1.82, 2.24) is 0 Å². The molecule has 3 atom stereocenters.